The monoisotopic (exact) mass is 285 g/mol. The number of aromatic carboxylic acids is 1. The van der Waals surface area contributed by atoms with Crippen molar-refractivity contribution in [3.63, 3.8) is 0 Å². The second-order valence-electron chi connectivity index (χ2n) is 4.34. The molecule has 2 heterocycles. The summed E-state index contributed by atoms with van der Waals surface area (Å²) in [7, 11) is 0. The van der Waals surface area contributed by atoms with Gasteiger partial charge in [-0.15, -0.1) is 0 Å². The fourth-order valence-corrected chi connectivity index (χ4v) is 1.87. The number of rotatable bonds is 4. The number of aromatic nitrogens is 4. The van der Waals surface area contributed by atoms with Crippen molar-refractivity contribution in [3.05, 3.63) is 52.1 Å². The van der Waals surface area contributed by atoms with Crippen LogP contribution >= 0.6 is 0 Å². The van der Waals surface area contributed by atoms with E-state index in [9.17, 15) is 9.59 Å². The number of carboxylic acids is 1. The van der Waals surface area contributed by atoms with Gasteiger partial charge in [-0.05, 0) is 5.56 Å². The van der Waals surface area contributed by atoms with Gasteiger partial charge in [0.15, 0.2) is 11.2 Å². The topological polar surface area (TPSA) is 124 Å². The predicted molar refractivity (Wildman–Crippen MR) is 75.2 cm³/mol. The number of benzene rings is 1. The first-order valence-corrected chi connectivity index (χ1v) is 6.14. The van der Waals surface area contributed by atoms with Gasteiger partial charge in [0.1, 0.15) is 0 Å². The Morgan fingerprint density at radius 3 is 2.67 bits per heavy atom. The second-order valence-corrected chi connectivity index (χ2v) is 4.34. The Kier molecular flexibility index (Phi) is 3.11. The summed E-state index contributed by atoms with van der Waals surface area (Å²) in [5, 5.41) is 11.8. The van der Waals surface area contributed by atoms with Crippen molar-refractivity contribution in [1.29, 1.82) is 0 Å². The van der Waals surface area contributed by atoms with Crippen LogP contribution in [0.1, 0.15) is 16.2 Å². The summed E-state index contributed by atoms with van der Waals surface area (Å²) in [6.45, 7) is 0.478. The van der Waals surface area contributed by atoms with E-state index in [2.05, 4.69) is 25.3 Å². The minimum absolute atomic E-state index is 0.0395. The molecule has 0 saturated carbocycles. The normalized spacial score (nSPS) is 10.7. The number of anilines is 1. The third-order valence-corrected chi connectivity index (χ3v) is 2.87. The van der Waals surface area contributed by atoms with Crippen LogP contribution < -0.4 is 10.9 Å². The van der Waals surface area contributed by atoms with Gasteiger partial charge in [-0.1, -0.05) is 30.3 Å². The van der Waals surface area contributed by atoms with Gasteiger partial charge >= 0.3 is 5.97 Å². The second kappa shape index (κ2) is 5.08. The van der Waals surface area contributed by atoms with E-state index in [0.717, 1.165) is 5.56 Å². The lowest BCUT2D eigenvalue weighted by Crippen LogP contribution is -2.13. The van der Waals surface area contributed by atoms with E-state index in [1.807, 2.05) is 30.3 Å². The molecule has 0 saturated heterocycles. The van der Waals surface area contributed by atoms with Gasteiger partial charge in [-0.25, -0.2) is 9.78 Å². The van der Waals surface area contributed by atoms with E-state index in [1.54, 1.807) is 0 Å². The number of carbonyl (C=O) groups is 1. The van der Waals surface area contributed by atoms with Crippen molar-refractivity contribution in [3.8, 4) is 0 Å². The Hall–Kier alpha value is -3.16. The van der Waals surface area contributed by atoms with Crippen molar-refractivity contribution in [2.24, 2.45) is 0 Å². The molecule has 21 heavy (non-hydrogen) atoms. The number of hydrogen-bond donors (Lipinski definition) is 4. The fraction of sp³-hybridized carbons (Fsp3) is 0.0769. The molecule has 0 radical (unpaired) electrons. The molecule has 2 aromatic heterocycles. The molecular formula is C13H11N5O3. The number of nitrogens with one attached hydrogen (secondary N) is 3. The summed E-state index contributed by atoms with van der Waals surface area (Å²) in [5.74, 6) is -1.32. The molecule has 0 atom stereocenters. The van der Waals surface area contributed by atoms with E-state index >= 15 is 0 Å². The first kappa shape index (κ1) is 12.9. The Morgan fingerprint density at radius 1 is 1.19 bits per heavy atom. The quantitative estimate of drug-likeness (QED) is 0.566. The van der Waals surface area contributed by atoms with Crippen LogP contribution in [0.25, 0.3) is 11.2 Å². The summed E-state index contributed by atoms with van der Waals surface area (Å²) in [5.41, 5.74) is 0.647. The summed E-state index contributed by atoms with van der Waals surface area (Å²) in [4.78, 5) is 35.5. The van der Waals surface area contributed by atoms with E-state index in [4.69, 9.17) is 5.11 Å². The van der Waals surface area contributed by atoms with Crippen LogP contribution in [-0.2, 0) is 6.54 Å². The number of carboxylic acid groups (broad SMARTS) is 1. The highest BCUT2D eigenvalue weighted by molar-refractivity contribution is 5.87. The van der Waals surface area contributed by atoms with Crippen LogP contribution in [-0.4, -0.2) is 31.0 Å². The largest absolute Gasteiger partial charge is 0.475 e. The van der Waals surface area contributed by atoms with Gasteiger partial charge in [-0.2, -0.15) is 4.98 Å². The maximum atomic E-state index is 11.8. The van der Waals surface area contributed by atoms with Crippen molar-refractivity contribution >= 4 is 23.1 Å². The Balaban J connectivity index is 1.89. The number of fused-ring (bicyclic) bond motifs is 1. The molecule has 1 aromatic carbocycles. The number of nitrogens with zero attached hydrogens (tertiary/aromatic N) is 2. The highest BCUT2D eigenvalue weighted by atomic mass is 16.4. The maximum absolute atomic E-state index is 11.8. The SMILES string of the molecule is O=C(O)c1nc2nc(NCc3ccccc3)[nH]c(=O)c2[nH]1. The Bertz CT molecular complexity index is 853. The summed E-state index contributed by atoms with van der Waals surface area (Å²) in [6, 6.07) is 9.58. The molecule has 106 valence electrons. The van der Waals surface area contributed by atoms with Gasteiger partial charge in [-0.3, -0.25) is 9.78 Å². The predicted octanol–water partition coefficient (Wildman–Crippen LogP) is 0.956. The Labute approximate surface area is 117 Å². The Morgan fingerprint density at radius 2 is 1.95 bits per heavy atom. The van der Waals surface area contributed by atoms with Crippen LogP contribution in [0.3, 0.4) is 0 Å². The number of imidazole rings is 1. The molecule has 3 rings (SSSR count). The molecule has 0 unspecified atom stereocenters. The van der Waals surface area contributed by atoms with E-state index in [-0.39, 0.29) is 22.9 Å². The lowest BCUT2D eigenvalue weighted by Gasteiger charge is -2.04. The molecule has 0 bridgehead atoms. The lowest BCUT2D eigenvalue weighted by atomic mass is 10.2. The summed E-state index contributed by atoms with van der Waals surface area (Å²) < 4.78 is 0. The molecule has 8 heteroatoms. The molecular weight excluding hydrogens is 274 g/mol. The summed E-state index contributed by atoms with van der Waals surface area (Å²) in [6.07, 6.45) is 0. The average Bonchev–Trinajstić information content (AvgIpc) is 2.91. The molecule has 8 nitrogen and oxygen atoms in total. The van der Waals surface area contributed by atoms with Crippen molar-refractivity contribution in [1.82, 2.24) is 19.9 Å². The van der Waals surface area contributed by atoms with Gasteiger partial charge in [0.25, 0.3) is 5.56 Å². The molecule has 3 aromatic rings. The zero-order valence-corrected chi connectivity index (χ0v) is 10.8. The first-order valence-electron chi connectivity index (χ1n) is 6.14. The van der Waals surface area contributed by atoms with Gasteiger partial charge in [0.2, 0.25) is 11.8 Å². The number of hydrogen-bond acceptors (Lipinski definition) is 5. The lowest BCUT2D eigenvalue weighted by molar-refractivity contribution is 0.0685. The zero-order chi connectivity index (χ0) is 14.8. The van der Waals surface area contributed by atoms with Crippen molar-refractivity contribution in [2.75, 3.05) is 5.32 Å². The standard InChI is InChI=1S/C13H11N5O3/c19-11-8-9(16-10(15-8)12(20)21)17-13(18-11)14-6-7-4-2-1-3-5-7/h1-5H,6H2,(H,20,21)(H3,14,15,16,17,18,19). The molecule has 4 N–H and O–H groups in total. The average molecular weight is 285 g/mol. The van der Waals surface area contributed by atoms with Crippen molar-refractivity contribution < 1.29 is 9.90 Å². The fourth-order valence-electron chi connectivity index (χ4n) is 1.87. The van der Waals surface area contributed by atoms with Gasteiger partial charge in [0, 0.05) is 6.54 Å². The van der Waals surface area contributed by atoms with E-state index in [1.165, 1.54) is 0 Å². The maximum Gasteiger partial charge on any atom is 0.371 e. The highest BCUT2D eigenvalue weighted by Gasteiger charge is 2.13. The van der Waals surface area contributed by atoms with E-state index in [0.29, 0.717) is 6.54 Å². The molecule has 0 fully saturated rings. The van der Waals surface area contributed by atoms with E-state index < -0.39 is 11.5 Å². The van der Waals surface area contributed by atoms with Crippen LogP contribution in [0.4, 0.5) is 5.95 Å². The number of aromatic amines is 2. The molecule has 0 aliphatic rings. The van der Waals surface area contributed by atoms with Gasteiger partial charge < -0.3 is 15.4 Å². The number of H-pyrrole nitrogens is 2. The molecule has 0 spiro atoms. The third-order valence-electron chi connectivity index (χ3n) is 2.87. The zero-order valence-electron chi connectivity index (χ0n) is 10.8. The molecule has 0 aliphatic carbocycles. The van der Waals surface area contributed by atoms with Crippen LogP contribution in [0.15, 0.2) is 35.1 Å². The smallest absolute Gasteiger partial charge is 0.371 e. The third kappa shape index (κ3) is 2.59. The summed E-state index contributed by atoms with van der Waals surface area (Å²) >= 11 is 0. The minimum atomic E-state index is -1.24. The minimum Gasteiger partial charge on any atom is -0.475 e. The molecule has 0 aliphatic heterocycles. The molecule has 0 amide bonds. The van der Waals surface area contributed by atoms with Crippen LogP contribution in [0.2, 0.25) is 0 Å². The first-order chi connectivity index (χ1) is 10.1. The van der Waals surface area contributed by atoms with Crippen molar-refractivity contribution in [2.45, 2.75) is 6.54 Å². The van der Waals surface area contributed by atoms with Crippen LogP contribution in [0, 0.1) is 0 Å². The van der Waals surface area contributed by atoms with Crippen LogP contribution in [0.5, 0.6) is 0 Å². The van der Waals surface area contributed by atoms with Gasteiger partial charge in [0.05, 0.1) is 0 Å². The highest BCUT2D eigenvalue weighted by Crippen LogP contribution is 2.08.